The van der Waals surface area contributed by atoms with E-state index >= 15 is 0 Å². The maximum Gasteiger partial charge on any atom is 0.407 e. The number of carbonyl (C=O) groups is 1. The predicted octanol–water partition coefficient (Wildman–Crippen LogP) is 2.40. The van der Waals surface area contributed by atoms with Gasteiger partial charge in [-0.3, -0.25) is 0 Å². The van der Waals surface area contributed by atoms with Gasteiger partial charge in [0.2, 0.25) is 0 Å². The van der Waals surface area contributed by atoms with Crippen molar-refractivity contribution in [3.8, 4) is 5.75 Å². The van der Waals surface area contributed by atoms with E-state index in [9.17, 15) is 4.79 Å². The van der Waals surface area contributed by atoms with Gasteiger partial charge in [0, 0.05) is 5.56 Å². The Bertz CT molecular complexity index is 492. The summed E-state index contributed by atoms with van der Waals surface area (Å²) in [6.45, 7) is 5.37. The largest absolute Gasteiger partial charge is 0.497 e. The van der Waals surface area contributed by atoms with Crippen molar-refractivity contribution in [2.75, 3.05) is 13.7 Å². The van der Waals surface area contributed by atoms with Crippen LogP contribution in [0.1, 0.15) is 26.3 Å². The molecular formula is C14H20N2O4. The quantitative estimate of drug-likeness (QED) is 0.504. The zero-order valence-electron chi connectivity index (χ0n) is 12.1. The topological polar surface area (TPSA) is 80.2 Å². The molecule has 0 saturated carbocycles. The lowest BCUT2D eigenvalue weighted by Gasteiger charge is -2.19. The van der Waals surface area contributed by atoms with Crippen LogP contribution in [0.5, 0.6) is 5.75 Å². The van der Waals surface area contributed by atoms with E-state index in [4.69, 9.17) is 14.7 Å². The molecule has 0 unspecified atom stereocenters. The maximum atomic E-state index is 11.5. The molecule has 0 heterocycles. The molecule has 0 aliphatic heterocycles. The minimum Gasteiger partial charge on any atom is -0.497 e. The van der Waals surface area contributed by atoms with Gasteiger partial charge in [0.05, 0.1) is 13.7 Å². The molecule has 1 amide bonds. The van der Waals surface area contributed by atoms with Gasteiger partial charge in [-0.1, -0.05) is 17.3 Å². The molecule has 0 aliphatic rings. The fourth-order valence-electron chi connectivity index (χ4n) is 1.47. The van der Waals surface area contributed by atoms with E-state index in [-0.39, 0.29) is 6.54 Å². The van der Waals surface area contributed by atoms with E-state index in [0.717, 1.165) is 0 Å². The fraction of sp³-hybridized carbons (Fsp3) is 0.429. The summed E-state index contributed by atoms with van der Waals surface area (Å²) in [5, 5.41) is 14.8. The van der Waals surface area contributed by atoms with Crippen LogP contribution < -0.4 is 10.1 Å². The van der Waals surface area contributed by atoms with Crippen LogP contribution in [0.15, 0.2) is 29.4 Å². The molecule has 6 heteroatoms. The van der Waals surface area contributed by atoms with Gasteiger partial charge in [0.1, 0.15) is 17.1 Å². The summed E-state index contributed by atoms with van der Waals surface area (Å²) < 4.78 is 10.2. The summed E-state index contributed by atoms with van der Waals surface area (Å²) in [5.41, 5.74) is 0.397. The smallest absolute Gasteiger partial charge is 0.407 e. The van der Waals surface area contributed by atoms with Gasteiger partial charge in [0.25, 0.3) is 0 Å². The van der Waals surface area contributed by atoms with Gasteiger partial charge >= 0.3 is 6.09 Å². The number of hydrogen-bond donors (Lipinski definition) is 2. The van der Waals surface area contributed by atoms with Gasteiger partial charge in [-0.2, -0.15) is 0 Å². The highest BCUT2D eigenvalue weighted by molar-refractivity contribution is 6.03. The van der Waals surface area contributed by atoms with Crippen LogP contribution in [0.4, 0.5) is 4.79 Å². The SMILES string of the molecule is COc1cccc(/C(CNC(=O)OC(C)(C)C)=N\O)c1. The number of methoxy groups -OCH3 is 1. The molecule has 0 saturated heterocycles. The van der Waals surface area contributed by atoms with Crippen molar-refractivity contribution < 1.29 is 19.5 Å². The molecule has 1 aromatic rings. The van der Waals surface area contributed by atoms with E-state index in [2.05, 4.69) is 10.5 Å². The minimum absolute atomic E-state index is 0.0541. The van der Waals surface area contributed by atoms with Crippen LogP contribution in [0.2, 0.25) is 0 Å². The molecule has 110 valence electrons. The third kappa shape index (κ3) is 5.17. The molecular weight excluding hydrogens is 260 g/mol. The molecule has 0 bridgehead atoms. The number of nitrogens with zero attached hydrogens (tertiary/aromatic N) is 1. The number of benzene rings is 1. The normalized spacial score (nSPS) is 11.9. The van der Waals surface area contributed by atoms with E-state index in [1.54, 1.807) is 52.1 Å². The summed E-state index contributed by atoms with van der Waals surface area (Å²) in [7, 11) is 1.55. The van der Waals surface area contributed by atoms with Crippen LogP contribution in [0.25, 0.3) is 0 Å². The molecule has 1 aromatic carbocycles. The molecule has 0 aliphatic carbocycles. The first kappa shape index (κ1) is 15.8. The second-order valence-corrected chi connectivity index (χ2v) is 5.13. The molecule has 0 radical (unpaired) electrons. The Morgan fingerprint density at radius 1 is 1.40 bits per heavy atom. The molecule has 0 aromatic heterocycles. The van der Waals surface area contributed by atoms with E-state index in [1.165, 1.54) is 0 Å². The molecule has 0 spiro atoms. The first-order chi connectivity index (χ1) is 9.35. The van der Waals surface area contributed by atoms with E-state index in [0.29, 0.717) is 17.0 Å². The predicted molar refractivity (Wildman–Crippen MR) is 75.6 cm³/mol. The number of rotatable bonds is 4. The first-order valence-corrected chi connectivity index (χ1v) is 6.18. The van der Waals surface area contributed by atoms with Gasteiger partial charge in [-0.05, 0) is 32.9 Å². The summed E-state index contributed by atoms with van der Waals surface area (Å²) >= 11 is 0. The Kier molecular flexibility index (Phi) is 5.37. The fourth-order valence-corrected chi connectivity index (χ4v) is 1.47. The number of carbonyl (C=O) groups excluding carboxylic acids is 1. The lowest BCUT2D eigenvalue weighted by molar-refractivity contribution is 0.0536. The number of ether oxygens (including phenoxy) is 2. The monoisotopic (exact) mass is 280 g/mol. The van der Waals surface area contributed by atoms with Crippen molar-refractivity contribution in [3.05, 3.63) is 29.8 Å². The number of hydrogen-bond acceptors (Lipinski definition) is 5. The minimum atomic E-state index is -0.573. The van der Waals surface area contributed by atoms with Crippen LogP contribution in [-0.4, -0.2) is 36.3 Å². The highest BCUT2D eigenvalue weighted by Crippen LogP contribution is 2.13. The molecule has 1 rings (SSSR count). The van der Waals surface area contributed by atoms with Gasteiger partial charge in [-0.15, -0.1) is 0 Å². The Morgan fingerprint density at radius 2 is 2.10 bits per heavy atom. The number of amides is 1. The second-order valence-electron chi connectivity index (χ2n) is 5.13. The molecule has 6 nitrogen and oxygen atoms in total. The van der Waals surface area contributed by atoms with Crippen LogP contribution in [-0.2, 0) is 4.74 Å². The Hall–Kier alpha value is -2.24. The lowest BCUT2D eigenvalue weighted by Crippen LogP contribution is -2.35. The third-order valence-electron chi connectivity index (χ3n) is 2.32. The highest BCUT2D eigenvalue weighted by Gasteiger charge is 2.16. The van der Waals surface area contributed by atoms with Crippen molar-refractivity contribution in [2.24, 2.45) is 5.16 Å². The third-order valence-corrected chi connectivity index (χ3v) is 2.32. The standard InChI is InChI=1S/C14H20N2O4/c1-14(2,3)20-13(17)15-9-12(16-18)10-6-5-7-11(8-10)19-4/h5-8,18H,9H2,1-4H3,(H,15,17)/b16-12-. The number of alkyl carbamates (subject to hydrolysis) is 1. The van der Waals surface area contributed by atoms with E-state index < -0.39 is 11.7 Å². The summed E-state index contributed by atoms with van der Waals surface area (Å²) in [6, 6.07) is 7.02. The van der Waals surface area contributed by atoms with Gasteiger partial charge in [-0.25, -0.2) is 4.79 Å². The van der Waals surface area contributed by atoms with Crippen LogP contribution in [0, 0.1) is 0 Å². The second kappa shape index (κ2) is 6.79. The summed E-state index contributed by atoms with van der Waals surface area (Å²) in [5.74, 6) is 0.640. The van der Waals surface area contributed by atoms with Gasteiger partial charge < -0.3 is 20.0 Å². The number of nitrogens with one attached hydrogen (secondary N) is 1. The summed E-state index contributed by atoms with van der Waals surface area (Å²) in [6.07, 6.45) is -0.568. The lowest BCUT2D eigenvalue weighted by atomic mass is 10.1. The van der Waals surface area contributed by atoms with Crippen molar-refractivity contribution in [3.63, 3.8) is 0 Å². The Morgan fingerprint density at radius 3 is 2.65 bits per heavy atom. The average Bonchev–Trinajstić information content (AvgIpc) is 2.37. The average molecular weight is 280 g/mol. The number of oxime groups is 1. The first-order valence-electron chi connectivity index (χ1n) is 6.18. The Labute approximate surface area is 118 Å². The summed E-state index contributed by atoms with van der Waals surface area (Å²) in [4.78, 5) is 11.5. The van der Waals surface area contributed by atoms with Crippen molar-refractivity contribution in [1.82, 2.24) is 5.32 Å². The van der Waals surface area contributed by atoms with Crippen molar-refractivity contribution >= 4 is 11.8 Å². The van der Waals surface area contributed by atoms with Crippen LogP contribution in [0.3, 0.4) is 0 Å². The zero-order valence-corrected chi connectivity index (χ0v) is 12.1. The highest BCUT2D eigenvalue weighted by atomic mass is 16.6. The molecule has 2 N–H and O–H groups in total. The van der Waals surface area contributed by atoms with Crippen LogP contribution >= 0.6 is 0 Å². The molecule has 0 atom stereocenters. The molecule has 0 fully saturated rings. The zero-order chi connectivity index (χ0) is 15.2. The van der Waals surface area contributed by atoms with E-state index in [1.807, 2.05) is 0 Å². The molecule has 20 heavy (non-hydrogen) atoms. The van der Waals surface area contributed by atoms with Crippen molar-refractivity contribution in [1.29, 1.82) is 0 Å². The van der Waals surface area contributed by atoms with Gasteiger partial charge in [0.15, 0.2) is 0 Å². The Balaban J connectivity index is 2.67. The van der Waals surface area contributed by atoms with Crippen molar-refractivity contribution in [2.45, 2.75) is 26.4 Å². The maximum absolute atomic E-state index is 11.5.